The first kappa shape index (κ1) is 19.7. The van der Waals surface area contributed by atoms with Crippen LogP contribution in [0.1, 0.15) is 12.0 Å². The fourth-order valence-electron chi connectivity index (χ4n) is 4.47. The van der Waals surface area contributed by atoms with E-state index in [0.29, 0.717) is 35.6 Å². The van der Waals surface area contributed by atoms with Crippen LogP contribution in [0.5, 0.6) is 6.01 Å². The summed E-state index contributed by atoms with van der Waals surface area (Å²) in [5.41, 5.74) is 6.48. The third kappa shape index (κ3) is 3.54. The van der Waals surface area contributed by atoms with Gasteiger partial charge in [0.15, 0.2) is 11.8 Å². The van der Waals surface area contributed by atoms with Gasteiger partial charge >= 0.3 is 0 Å². The molecule has 0 spiro atoms. The molecule has 0 bridgehead atoms. The average Bonchev–Trinajstić information content (AvgIpc) is 3.50. The van der Waals surface area contributed by atoms with Gasteiger partial charge in [-0.2, -0.15) is 4.98 Å². The van der Waals surface area contributed by atoms with Gasteiger partial charge in [0.2, 0.25) is 0 Å². The fourth-order valence-corrected chi connectivity index (χ4v) is 4.73. The molecule has 6 nitrogen and oxygen atoms in total. The van der Waals surface area contributed by atoms with Gasteiger partial charge in [-0.1, -0.05) is 65.7 Å². The summed E-state index contributed by atoms with van der Waals surface area (Å²) >= 11 is 6.58. The van der Waals surface area contributed by atoms with Gasteiger partial charge in [0.05, 0.1) is 28.9 Å². The second-order valence-electron chi connectivity index (χ2n) is 8.33. The van der Waals surface area contributed by atoms with Crippen LogP contribution >= 0.6 is 11.6 Å². The number of nitrogens with one attached hydrogen (secondary N) is 1. The SMILES string of the molecule is Cc1cccc(-c2ccc(-c3nc4nc(OC5CO[C@@H]6CCO[C@H]56)[nH]c4cc3Cl)cc2)c1. The molecule has 3 atom stereocenters. The molecule has 0 saturated carbocycles. The predicted octanol–water partition coefficient (Wildman–Crippen LogP) is 5.19. The smallest absolute Gasteiger partial charge is 0.296 e. The number of aryl methyl sites for hydroxylation is 1. The van der Waals surface area contributed by atoms with Gasteiger partial charge in [0.25, 0.3) is 6.01 Å². The average molecular weight is 448 g/mol. The number of nitrogens with zero attached hydrogens (tertiary/aromatic N) is 2. The maximum Gasteiger partial charge on any atom is 0.296 e. The predicted molar refractivity (Wildman–Crippen MR) is 123 cm³/mol. The lowest BCUT2D eigenvalue weighted by molar-refractivity contribution is 0.0273. The number of halogens is 1. The number of hydrogen-bond donors (Lipinski definition) is 1. The van der Waals surface area contributed by atoms with Crippen LogP contribution in [0.3, 0.4) is 0 Å². The van der Waals surface area contributed by atoms with Crippen molar-refractivity contribution in [1.82, 2.24) is 15.0 Å². The van der Waals surface area contributed by atoms with Crippen molar-refractivity contribution in [3.63, 3.8) is 0 Å². The van der Waals surface area contributed by atoms with Crippen LogP contribution in [0.25, 0.3) is 33.5 Å². The van der Waals surface area contributed by atoms with Crippen LogP contribution in [-0.4, -0.2) is 46.5 Å². The van der Waals surface area contributed by atoms with Crippen LogP contribution < -0.4 is 4.74 Å². The highest BCUT2D eigenvalue weighted by Crippen LogP contribution is 2.33. The molecule has 2 fully saturated rings. The minimum atomic E-state index is -0.174. The third-order valence-corrected chi connectivity index (χ3v) is 6.39. The highest BCUT2D eigenvalue weighted by atomic mass is 35.5. The van der Waals surface area contributed by atoms with E-state index < -0.39 is 0 Å². The lowest BCUT2D eigenvalue weighted by Crippen LogP contribution is -2.32. The molecule has 0 radical (unpaired) electrons. The number of aromatic amines is 1. The van der Waals surface area contributed by atoms with Gasteiger partial charge in [-0.15, -0.1) is 0 Å². The number of aromatic nitrogens is 3. The van der Waals surface area contributed by atoms with Crippen molar-refractivity contribution in [3.8, 4) is 28.4 Å². The van der Waals surface area contributed by atoms with Gasteiger partial charge in [-0.3, -0.25) is 0 Å². The first-order valence-electron chi connectivity index (χ1n) is 10.8. The van der Waals surface area contributed by atoms with Crippen molar-refractivity contribution >= 4 is 22.8 Å². The molecule has 32 heavy (non-hydrogen) atoms. The molecule has 1 unspecified atom stereocenters. The van der Waals surface area contributed by atoms with E-state index in [1.54, 1.807) is 0 Å². The Kier molecular flexibility index (Phi) is 4.86. The summed E-state index contributed by atoms with van der Waals surface area (Å²) in [5.74, 6) is 0. The van der Waals surface area contributed by atoms with E-state index in [1.165, 1.54) is 11.1 Å². The molecule has 6 rings (SSSR count). The first-order valence-corrected chi connectivity index (χ1v) is 11.2. The number of benzene rings is 2. The number of ether oxygens (including phenoxy) is 3. The molecule has 2 aromatic heterocycles. The fraction of sp³-hybridized carbons (Fsp3) is 0.280. The van der Waals surface area contributed by atoms with E-state index in [4.69, 9.17) is 30.8 Å². The maximum atomic E-state index is 6.58. The highest BCUT2D eigenvalue weighted by molar-refractivity contribution is 6.33. The second kappa shape index (κ2) is 7.89. The Morgan fingerprint density at radius 3 is 2.69 bits per heavy atom. The van der Waals surface area contributed by atoms with Crippen molar-refractivity contribution in [2.75, 3.05) is 13.2 Å². The zero-order valence-corrected chi connectivity index (χ0v) is 18.3. The summed E-state index contributed by atoms with van der Waals surface area (Å²) in [6, 6.07) is 18.9. The Bertz CT molecular complexity index is 1290. The Hall–Kier alpha value is -2.93. The summed E-state index contributed by atoms with van der Waals surface area (Å²) < 4.78 is 17.5. The zero-order valence-electron chi connectivity index (χ0n) is 17.5. The Labute approximate surface area is 190 Å². The third-order valence-electron chi connectivity index (χ3n) is 6.10. The molecule has 2 aromatic carbocycles. The number of rotatable bonds is 4. The standard InChI is InChI=1S/C25H22ClN3O3/c1-14-3-2-4-17(11-14)15-5-7-16(8-6-15)22-18(26)12-19-24(28-22)29-25(27-19)32-21-13-31-20-9-10-30-23(20)21/h2-8,11-12,20-21,23H,9-10,13H2,1H3,(H,27,28,29)/t20-,21?,23+/m1/s1. The van der Waals surface area contributed by atoms with Gasteiger partial charge in [0, 0.05) is 12.2 Å². The van der Waals surface area contributed by atoms with Gasteiger partial charge in [0.1, 0.15) is 6.10 Å². The quantitative estimate of drug-likeness (QED) is 0.466. The molecule has 0 amide bonds. The van der Waals surface area contributed by atoms with Crippen LogP contribution in [-0.2, 0) is 9.47 Å². The van der Waals surface area contributed by atoms with Crippen LogP contribution in [0.4, 0.5) is 0 Å². The molecule has 2 aliphatic rings. The van der Waals surface area contributed by atoms with Crippen LogP contribution in [0, 0.1) is 6.92 Å². The minimum Gasteiger partial charge on any atom is -0.456 e. The monoisotopic (exact) mass is 447 g/mol. The summed E-state index contributed by atoms with van der Waals surface area (Å²) in [5, 5.41) is 0.555. The molecule has 0 aliphatic carbocycles. The van der Waals surface area contributed by atoms with E-state index in [0.717, 1.165) is 23.1 Å². The molecule has 4 heterocycles. The van der Waals surface area contributed by atoms with E-state index in [1.807, 2.05) is 18.2 Å². The molecule has 2 saturated heterocycles. The Morgan fingerprint density at radius 2 is 1.84 bits per heavy atom. The molecule has 2 aliphatic heterocycles. The molecular formula is C25H22ClN3O3. The van der Waals surface area contributed by atoms with Crippen molar-refractivity contribution in [2.45, 2.75) is 31.7 Å². The number of pyridine rings is 1. The minimum absolute atomic E-state index is 0.0396. The summed E-state index contributed by atoms with van der Waals surface area (Å²) in [4.78, 5) is 12.4. The van der Waals surface area contributed by atoms with Crippen LogP contribution in [0.2, 0.25) is 5.02 Å². The van der Waals surface area contributed by atoms with Crippen LogP contribution in [0.15, 0.2) is 54.6 Å². The van der Waals surface area contributed by atoms with Crippen molar-refractivity contribution < 1.29 is 14.2 Å². The number of fused-ring (bicyclic) bond motifs is 2. The Morgan fingerprint density at radius 1 is 1.00 bits per heavy atom. The first-order chi connectivity index (χ1) is 15.6. The molecule has 4 aromatic rings. The molecule has 1 N–H and O–H groups in total. The second-order valence-corrected chi connectivity index (χ2v) is 8.74. The van der Waals surface area contributed by atoms with E-state index >= 15 is 0 Å². The van der Waals surface area contributed by atoms with Crippen molar-refractivity contribution in [2.24, 2.45) is 0 Å². The van der Waals surface area contributed by atoms with Crippen molar-refractivity contribution in [1.29, 1.82) is 0 Å². The summed E-state index contributed by atoms with van der Waals surface area (Å²) in [6.07, 6.45) is 0.814. The van der Waals surface area contributed by atoms with Crippen molar-refractivity contribution in [3.05, 3.63) is 65.2 Å². The maximum absolute atomic E-state index is 6.58. The Balaban J connectivity index is 1.27. The van der Waals surface area contributed by atoms with E-state index in [9.17, 15) is 0 Å². The molecule has 162 valence electrons. The largest absolute Gasteiger partial charge is 0.456 e. The molecular weight excluding hydrogens is 426 g/mol. The zero-order chi connectivity index (χ0) is 21.7. The van der Waals surface area contributed by atoms with Gasteiger partial charge < -0.3 is 19.2 Å². The normalized spacial score (nSPS) is 22.4. The lowest BCUT2D eigenvalue weighted by Gasteiger charge is -2.15. The van der Waals surface area contributed by atoms with Gasteiger partial charge in [-0.25, -0.2) is 4.98 Å². The number of hydrogen-bond acceptors (Lipinski definition) is 5. The highest BCUT2D eigenvalue weighted by Gasteiger charge is 2.43. The number of imidazole rings is 1. The summed E-state index contributed by atoms with van der Waals surface area (Å²) in [7, 11) is 0. The molecule has 7 heteroatoms. The van der Waals surface area contributed by atoms with E-state index in [2.05, 4.69) is 53.3 Å². The number of H-pyrrole nitrogens is 1. The topological polar surface area (TPSA) is 69.3 Å². The summed E-state index contributed by atoms with van der Waals surface area (Å²) in [6.45, 7) is 3.30. The lowest BCUT2D eigenvalue weighted by atomic mass is 10.0. The van der Waals surface area contributed by atoms with E-state index in [-0.39, 0.29) is 18.3 Å². The van der Waals surface area contributed by atoms with Gasteiger partial charge in [-0.05, 0) is 30.5 Å².